The topological polar surface area (TPSA) is 24.9 Å². The summed E-state index contributed by atoms with van der Waals surface area (Å²) in [7, 11) is 0. The number of nitrogens with one attached hydrogen (secondary N) is 1. The fourth-order valence-electron chi connectivity index (χ4n) is 2.92. The maximum atomic E-state index is 4.53. The Morgan fingerprint density at radius 2 is 2.32 bits per heavy atom. The van der Waals surface area contributed by atoms with Crippen LogP contribution in [-0.4, -0.2) is 11.5 Å². The van der Waals surface area contributed by atoms with Gasteiger partial charge in [0.2, 0.25) is 0 Å². The number of rotatable bonds is 5. The van der Waals surface area contributed by atoms with Crippen molar-refractivity contribution in [2.24, 2.45) is 5.41 Å². The second-order valence-corrected chi connectivity index (χ2v) is 6.83. The molecule has 102 valence electrons. The van der Waals surface area contributed by atoms with E-state index in [1.807, 2.05) is 6.20 Å². The first kappa shape index (κ1) is 13.1. The van der Waals surface area contributed by atoms with E-state index >= 15 is 0 Å². The van der Waals surface area contributed by atoms with E-state index in [4.69, 9.17) is 0 Å². The van der Waals surface area contributed by atoms with Crippen LogP contribution in [0, 0.1) is 5.41 Å². The third-order valence-corrected chi connectivity index (χ3v) is 5.62. The highest BCUT2D eigenvalue weighted by molar-refractivity contribution is 7.17. The molecule has 0 aromatic carbocycles. The van der Waals surface area contributed by atoms with Gasteiger partial charge in [-0.05, 0) is 54.7 Å². The van der Waals surface area contributed by atoms with Crippen molar-refractivity contribution in [2.45, 2.75) is 45.6 Å². The van der Waals surface area contributed by atoms with Crippen molar-refractivity contribution < 1.29 is 0 Å². The lowest BCUT2D eigenvalue weighted by atomic mass is 9.67. The SMILES string of the molecule is CCC1(CNC(C)c2cnc3ccsc3c2)CCC1. The van der Waals surface area contributed by atoms with E-state index in [2.05, 4.69) is 41.7 Å². The molecule has 19 heavy (non-hydrogen) atoms. The molecule has 1 atom stereocenters. The molecule has 1 fully saturated rings. The van der Waals surface area contributed by atoms with Crippen LogP contribution < -0.4 is 5.32 Å². The van der Waals surface area contributed by atoms with Crippen molar-refractivity contribution in [3.05, 3.63) is 29.3 Å². The highest BCUT2D eigenvalue weighted by atomic mass is 32.1. The molecule has 0 bridgehead atoms. The average molecular weight is 274 g/mol. The molecule has 3 heteroatoms. The molecule has 2 nitrogen and oxygen atoms in total. The van der Waals surface area contributed by atoms with Gasteiger partial charge in [-0.1, -0.05) is 13.3 Å². The summed E-state index contributed by atoms with van der Waals surface area (Å²) in [5.74, 6) is 0. The highest BCUT2D eigenvalue weighted by Gasteiger charge is 2.34. The number of pyridine rings is 1. The molecule has 2 aromatic heterocycles. The minimum atomic E-state index is 0.392. The number of hydrogen-bond acceptors (Lipinski definition) is 3. The lowest BCUT2D eigenvalue weighted by molar-refractivity contribution is 0.120. The van der Waals surface area contributed by atoms with Gasteiger partial charge in [-0.25, -0.2) is 0 Å². The zero-order chi connectivity index (χ0) is 13.3. The average Bonchev–Trinajstić information content (AvgIpc) is 2.84. The van der Waals surface area contributed by atoms with Crippen LogP contribution in [0.1, 0.15) is 51.1 Å². The summed E-state index contributed by atoms with van der Waals surface area (Å²) in [4.78, 5) is 4.53. The van der Waals surface area contributed by atoms with E-state index in [0.717, 1.165) is 12.1 Å². The maximum Gasteiger partial charge on any atom is 0.0809 e. The van der Waals surface area contributed by atoms with Gasteiger partial charge >= 0.3 is 0 Å². The first-order chi connectivity index (χ1) is 9.22. The number of nitrogens with zero attached hydrogens (tertiary/aromatic N) is 1. The second kappa shape index (κ2) is 5.22. The summed E-state index contributed by atoms with van der Waals surface area (Å²) in [6, 6.07) is 4.76. The van der Waals surface area contributed by atoms with Gasteiger partial charge in [-0.15, -0.1) is 11.3 Å². The van der Waals surface area contributed by atoms with E-state index in [0.29, 0.717) is 11.5 Å². The molecule has 3 rings (SSSR count). The molecule has 0 aliphatic heterocycles. The molecule has 1 saturated carbocycles. The number of thiophene rings is 1. The fraction of sp³-hybridized carbons (Fsp3) is 0.562. The number of hydrogen-bond donors (Lipinski definition) is 1. The number of aromatic nitrogens is 1. The lowest BCUT2D eigenvalue weighted by Gasteiger charge is -2.42. The molecular weight excluding hydrogens is 252 g/mol. The van der Waals surface area contributed by atoms with Crippen LogP contribution in [0.5, 0.6) is 0 Å². The largest absolute Gasteiger partial charge is 0.310 e. The third kappa shape index (κ3) is 2.54. The predicted molar refractivity (Wildman–Crippen MR) is 82.6 cm³/mol. The van der Waals surface area contributed by atoms with E-state index < -0.39 is 0 Å². The van der Waals surface area contributed by atoms with Crippen LogP contribution >= 0.6 is 11.3 Å². The highest BCUT2D eigenvalue weighted by Crippen LogP contribution is 2.43. The van der Waals surface area contributed by atoms with E-state index in [9.17, 15) is 0 Å². The number of fused-ring (bicyclic) bond motifs is 1. The van der Waals surface area contributed by atoms with Crippen molar-refractivity contribution >= 4 is 21.6 Å². The Morgan fingerprint density at radius 3 is 3.00 bits per heavy atom. The van der Waals surface area contributed by atoms with Gasteiger partial charge in [0.25, 0.3) is 0 Å². The standard InChI is InChI=1S/C16H22N2S/c1-3-16(6-4-7-16)11-18-12(2)13-9-15-14(17-10-13)5-8-19-15/h5,8-10,12,18H,3-4,6-7,11H2,1-2H3. The minimum Gasteiger partial charge on any atom is -0.310 e. The molecule has 2 aromatic rings. The Hall–Kier alpha value is -0.930. The lowest BCUT2D eigenvalue weighted by Crippen LogP contribution is -2.40. The van der Waals surface area contributed by atoms with Crippen LogP contribution in [-0.2, 0) is 0 Å². The van der Waals surface area contributed by atoms with Gasteiger partial charge < -0.3 is 5.32 Å². The van der Waals surface area contributed by atoms with Crippen LogP contribution in [0.3, 0.4) is 0 Å². The molecule has 0 spiro atoms. The van der Waals surface area contributed by atoms with Crippen molar-refractivity contribution in [1.29, 1.82) is 0 Å². The summed E-state index contributed by atoms with van der Waals surface area (Å²) in [5, 5.41) is 5.83. The molecule has 2 heterocycles. The molecule has 1 unspecified atom stereocenters. The molecule has 0 amide bonds. The Morgan fingerprint density at radius 1 is 1.47 bits per heavy atom. The predicted octanol–water partition coefficient (Wildman–Crippen LogP) is 4.53. The third-order valence-electron chi connectivity index (χ3n) is 4.77. The van der Waals surface area contributed by atoms with Crippen LogP contribution in [0.2, 0.25) is 0 Å². The molecule has 1 N–H and O–H groups in total. The van der Waals surface area contributed by atoms with Crippen LogP contribution in [0.25, 0.3) is 10.2 Å². The monoisotopic (exact) mass is 274 g/mol. The minimum absolute atomic E-state index is 0.392. The second-order valence-electron chi connectivity index (χ2n) is 5.88. The van der Waals surface area contributed by atoms with Crippen molar-refractivity contribution in [1.82, 2.24) is 10.3 Å². The summed E-state index contributed by atoms with van der Waals surface area (Å²) < 4.78 is 1.29. The Balaban J connectivity index is 1.67. The van der Waals surface area contributed by atoms with Gasteiger partial charge in [0, 0.05) is 18.8 Å². The molecule has 0 saturated heterocycles. The van der Waals surface area contributed by atoms with Gasteiger partial charge in [0.15, 0.2) is 0 Å². The first-order valence-electron chi connectivity index (χ1n) is 7.29. The van der Waals surface area contributed by atoms with Crippen molar-refractivity contribution in [3.63, 3.8) is 0 Å². The molecular formula is C16H22N2S. The first-order valence-corrected chi connectivity index (χ1v) is 8.17. The molecule has 1 aliphatic rings. The van der Waals surface area contributed by atoms with Gasteiger partial charge in [-0.2, -0.15) is 0 Å². The van der Waals surface area contributed by atoms with Crippen LogP contribution in [0.15, 0.2) is 23.7 Å². The van der Waals surface area contributed by atoms with E-state index in [-0.39, 0.29) is 0 Å². The van der Waals surface area contributed by atoms with Gasteiger partial charge in [0.1, 0.15) is 0 Å². The van der Waals surface area contributed by atoms with E-state index in [1.165, 1.54) is 35.9 Å². The summed E-state index contributed by atoms with van der Waals surface area (Å²) >= 11 is 1.77. The van der Waals surface area contributed by atoms with Crippen molar-refractivity contribution in [2.75, 3.05) is 6.54 Å². The van der Waals surface area contributed by atoms with E-state index in [1.54, 1.807) is 11.3 Å². The maximum absolute atomic E-state index is 4.53. The van der Waals surface area contributed by atoms with Crippen LogP contribution in [0.4, 0.5) is 0 Å². The van der Waals surface area contributed by atoms with Crippen molar-refractivity contribution in [3.8, 4) is 0 Å². The molecule has 1 aliphatic carbocycles. The fourth-order valence-corrected chi connectivity index (χ4v) is 3.71. The summed E-state index contributed by atoms with van der Waals surface area (Å²) in [6.07, 6.45) is 7.52. The normalized spacial score (nSPS) is 19.3. The summed E-state index contributed by atoms with van der Waals surface area (Å²) in [5.41, 5.74) is 3.00. The Kier molecular flexibility index (Phi) is 3.59. The summed E-state index contributed by atoms with van der Waals surface area (Å²) in [6.45, 7) is 5.72. The Labute approximate surface area is 119 Å². The van der Waals surface area contributed by atoms with Gasteiger partial charge in [-0.3, -0.25) is 4.98 Å². The Bertz CT molecular complexity index is 551. The molecule has 0 radical (unpaired) electrons. The van der Waals surface area contributed by atoms with Gasteiger partial charge in [0.05, 0.1) is 10.2 Å². The quantitative estimate of drug-likeness (QED) is 0.866. The zero-order valence-corrected chi connectivity index (χ0v) is 12.6. The zero-order valence-electron chi connectivity index (χ0n) is 11.8. The smallest absolute Gasteiger partial charge is 0.0809 e.